The number of benzene rings is 5. The highest BCUT2D eigenvalue weighted by atomic mass is 16.2. The minimum Gasteiger partial charge on any atom is -0.320 e. The SMILES string of the molecule is CC(C)c1cccc(C(C)C)c1NC(=O)N(CCc1ccccc1)Cc1c2ccccc2cc2ccccc12. The zero-order valence-electron chi connectivity index (χ0n) is 23.4. The minimum atomic E-state index is -0.0575. The van der Waals surface area contributed by atoms with Crippen molar-refractivity contribution < 1.29 is 4.79 Å². The van der Waals surface area contributed by atoms with E-state index in [-0.39, 0.29) is 6.03 Å². The van der Waals surface area contributed by atoms with Gasteiger partial charge in [-0.2, -0.15) is 0 Å². The Hall–Kier alpha value is -4.11. The molecule has 0 radical (unpaired) electrons. The van der Waals surface area contributed by atoms with Gasteiger partial charge in [-0.1, -0.05) is 125 Å². The summed E-state index contributed by atoms with van der Waals surface area (Å²) in [6.45, 7) is 9.89. The topological polar surface area (TPSA) is 32.3 Å². The number of para-hydroxylation sites is 1. The van der Waals surface area contributed by atoms with E-state index in [1.54, 1.807) is 0 Å². The molecule has 0 unspecified atom stereocenters. The van der Waals surface area contributed by atoms with E-state index >= 15 is 0 Å². The van der Waals surface area contributed by atoms with Crippen LogP contribution in [0.1, 0.15) is 61.8 Å². The van der Waals surface area contributed by atoms with Gasteiger partial charge in [0.15, 0.2) is 0 Å². The van der Waals surface area contributed by atoms with Crippen LogP contribution in [0.2, 0.25) is 0 Å². The summed E-state index contributed by atoms with van der Waals surface area (Å²) < 4.78 is 0. The number of carbonyl (C=O) groups excluding carboxylic acids is 1. The van der Waals surface area contributed by atoms with Crippen LogP contribution in [0.3, 0.4) is 0 Å². The molecule has 0 aliphatic carbocycles. The van der Waals surface area contributed by atoms with Gasteiger partial charge in [0.2, 0.25) is 0 Å². The molecule has 0 saturated carbocycles. The summed E-state index contributed by atoms with van der Waals surface area (Å²) in [7, 11) is 0. The van der Waals surface area contributed by atoms with Gasteiger partial charge in [0.1, 0.15) is 0 Å². The molecule has 5 aromatic rings. The molecule has 0 saturated heterocycles. The number of hydrogen-bond donors (Lipinski definition) is 1. The second-order valence-electron chi connectivity index (χ2n) is 11.0. The first-order valence-corrected chi connectivity index (χ1v) is 14.0. The van der Waals surface area contributed by atoms with Crippen molar-refractivity contribution in [3.05, 3.63) is 125 Å². The number of hydrogen-bond acceptors (Lipinski definition) is 1. The van der Waals surface area contributed by atoms with E-state index in [1.165, 1.54) is 43.8 Å². The molecule has 0 aliphatic rings. The smallest absolute Gasteiger partial charge is 0.320 e. The normalized spacial score (nSPS) is 11.4. The molecule has 0 heterocycles. The Balaban J connectivity index is 1.56. The van der Waals surface area contributed by atoms with E-state index < -0.39 is 0 Å². The summed E-state index contributed by atoms with van der Waals surface area (Å²) in [5, 5.41) is 8.16. The van der Waals surface area contributed by atoms with Crippen LogP contribution in [0, 0.1) is 0 Å². The van der Waals surface area contributed by atoms with Crippen LogP contribution in [0.5, 0.6) is 0 Å². The zero-order valence-corrected chi connectivity index (χ0v) is 23.4. The van der Waals surface area contributed by atoms with Gasteiger partial charge < -0.3 is 10.2 Å². The van der Waals surface area contributed by atoms with Crippen LogP contribution < -0.4 is 5.32 Å². The Labute approximate surface area is 232 Å². The molecule has 0 aromatic heterocycles. The summed E-state index contributed by atoms with van der Waals surface area (Å²) in [6, 6.07) is 36.0. The van der Waals surface area contributed by atoms with E-state index in [2.05, 4.69) is 130 Å². The second kappa shape index (κ2) is 11.7. The third kappa shape index (κ3) is 5.83. The fourth-order valence-electron chi connectivity index (χ4n) is 5.51. The average Bonchev–Trinajstić information content (AvgIpc) is 2.95. The highest BCUT2D eigenvalue weighted by Gasteiger charge is 2.21. The standard InChI is InChI=1S/C36H38N2O/c1-25(2)30-19-12-20-31(26(3)4)35(30)37-36(39)38(22-21-27-13-6-5-7-14-27)24-34-32-17-10-8-15-28(32)23-29-16-9-11-18-33(29)34/h5-20,23,25-26H,21-22,24H2,1-4H3,(H,37,39). The fraction of sp³-hybridized carbons (Fsp3) is 0.250. The highest BCUT2D eigenvalue weighted by Crippen LogP contribution is 2.34. The van der Waals surface area contributed by atoms with E-state index in [4.69, 9.17) is 0 Å². The first kappa shape index (κ1) is 26.5. The molecule has 1 N–H and O–H groups in total. The van der Waals surface area contributed by atoms with E-state index in [1.807, 2.05) is 11.0 Å². The molecule has 0 bridgehead atoms. The van der Waals surface area contributed by atoms with Crippen molar-refractivity contribution in [3.8, 4) is 0 Å². The monoisotopic (exact) mass is 514 g/mol. The first-order valence-electron chi connectivity index (χ1n) is 14.0. The molecule has 198 valence electrons. The predicted molar refractivity (Wildman–Crippen MR) is 166 cm³/mol. The molecule has 0 aliphatic heterocycles. The lowest BCUT2D eigenvalue weighted by molar-refractivity contribution is 0.210. The van der Waals surface area contributed by atoms with E-state index in [9.17, 15) is 4.79 Å². The molecule has 5 aromatic carbocycles. The molecule has 0 atom stereocenters. The average molecular weight is 515 g/mol. The molecular weight excluding hydrogens is 476 g/mol. The van der Waals surface area contributed by atoms with Gasteiger partial charge in [-0.25, -0.2) is 4.79 Å². The van der Waals surface area contributed by atoms with Crippen LogP contribution in [-0.2, 0) is 13.0 Å². The van der Waals surface area contributed by atoms with Gasteiger partial charge in [-0.05, 0) is 68.1 Å². The van der Waals surface area contributed by atoms with Crippen LogP contribution >= 0.6 is 0 Å². The molecule has 3 heteroatoms. The van der Waals surface area contributed by atoms with Crippen molar-refractivity contribution in [2.45, 2.75) is 52.5 Å². The minimum absolute atomic E-state index is 0.0575. The van der Waals surface area contributed by atoms with Crippen LogP contribution in [0.15, 0.2) is 103 Å². The summed E-state index contributed by atoms with van der Waals surface area (Å²) in [6.07, 6.45) is 0.791. The predicted octanol–water partition coefficient (Wildman–Crippen LogP) is 9.52. The van der Waals surface area contributed by atoms with E-state index in [0.29, 0.717) is 24.9 Å². The molecule has 2 amide bonds. The number of nitrogens with one attached hydrogen (secondary N) is 1. The van der Waals surface area contributed by atoms with Gasteiger partial charge >= 0.3 is 6.03 Å². The van der Waals surface area contributed by atoms with Gasteiger partial charge in [-0.15, -0.1) is 0 Å². The first-order chi connectivity index (χ1) is 18.9. The number of fused-ring (bicyclic) bond motifs is 2. The van der Waals surface area contributed by atoms with Gasteiger partial charge in [-0.3, -0.25) is 0 Å². The Morgan fingerprint density at radius 1 is 0.692 bits per heavy atom. The number of nitrogens with zero attached hydrogens (tertiary/aromatic N) is 1. The zero-order chi connectivity index (χ0) is 27.4. The lowest BCUT2D eigenvalue weighted by atomic mass is 9.92. The quantitative estimate of drug-likeness (QED) is 0.205. The third-order valence-corrected chi connectivity index (χ3v) is 7.64. The molecule has 3 nitrogen and oxygen atoms in total. The summed E-state index contributed by atoms with van der Waals surface area (Å²) >= 11 is 0. The summed E-state index contributed by atoms with van der Waals surface area (Å²) in [4.78, 5) is 16.2. The van der Waals surface area contributed by atoms with Crippen molar-refractivity contribution in [1.82, 2.24) is 4.90 Å². The van der Waals surface area contributed by atoms with Crippen molar-refractivity contribution in [2.24, 2.45) is 0 Å². The largest absolute Gasteiger partial charge is 0.322 e. The van der Waals surface area contributed by atoms with Crippen molar-refractivity contribution >= 4 is 33.3 Å². The summed E-state index contributed by atoms with van der Waals surface area (Å²) in [5.41, 5.74) is 5.72. The maximum atomic E-state index is 14.2. The number of urea groups is 1. The third-order valence-electron chi connectivity index (χ3n) is 7.64. The van der Waals surface area contributed by atoms with Crippen molar-refractivity contribution in [3.63, 3.8) is 0 Å². The number of amides is 2. The van der Waals surface area contributed by atoms with Crippen LogP contribution in [0.4, 0.5) is 10.5 Å². The van der Waals surface area contributed by atoms with Crippen LogP contribution in [-0.4, -0.2) is 17.5 Å². The van der Waals surface area contributed by atoms with Crippen molar-refractivity contribution in [2.75, 3.05) is 11.9 Å². The lowest BCUT2D eigenvalue weighted by Crippen LogP contribution is -2.36. The molecular formula is C36H38N2O. The highest BCUT2D eigenvalue weighted by molar-refractivity contribution is 6.02. The number of carbonyl (C=O) groups is 1. The Kier molecular flexibility index (Phi) is 7.97. The van der Waals surface area contributed by atoms with E-state index in [0.717, 1.165) is 12.1 Å². The maximum Gasteiger partial charge on any atom is 0.322 e. The van der Waals surface area contributed by atoms with Crippen LogP contribution in [0.25, 0.3) is 21.5 Å². The Morgan fingerprint density at radius 2 is 1.23 bits per heavy atom. The van der Waals surface area contributed by atoms with Crippen molar-refractivity contribution in [1.29, 1.82) is 0 Å². The Morgan fingerprint density at radius 3 is 1.79 bits per heavy atom. The number of rotatable bonds is 8. The summed E-state index contributed by atoms with van der Waals surface area (Å²) in [5.74, 6) is 0.609. The lowest BCUT2D eigenvalue weighted by Gasteiger charge is -2.27. The fourth-order valence-corrected chi connectivity index (χ4v) is 5.51. The maximum absolute atomic E-state index is 14.2. The van der Waals surface area contributed by atoms with Gasteiger partial charge in [0.25, 0.3) is 0 Å². The Bertz CT molecular complexity index is 1510. The second-order valence-corrected chi connectivity index (χ2v) is 11.0. The number of anilines is 1. The molecule has 5 rings (SSSR count). The molecule has 0 fully saturated rings. The molecule has 0 spiro atoms. The van der Waals surface area contributed by atoms with Gasteiger partial charge in [0, 0.05) is 18.8 Å². The molecule has 39 heavy (non-hydrogen) atoms. The van der Waals surface area contributed by atoms with Gasteiger partial charge in [0.05, 0.1) is 0 Å².